The number of carbonyl (C=O) groups excluding carboxylic acids is 1. The first-order chi connectivity index (χ1) is 6.61. The lowest BCUT2D eigenvalue weighted by Crippen LogP contribution is -2.38. The van der Waals surface area contributed by atoms with E-state index >= 15 is 0 Å². The molecule has 0 unspecified atom stereocenters. The zero-order valence-corrected chi connectivity index (χ0v) is 9.97. The summed E-state index contributed by atoms with van der Waals surface area (Å²) in [5.74, 6) is 0.153. The van der Waals surface area contributed by atoms with Gasteiger partial charge >= 0.3 is 0 Å². The number of nitrogens with one attached hydrogen (secondary N) is 1. The molecular formula is C11H24N2O. The summed E-state index contributed by atoms with van der Waals surface area (Å²) in [5.41, 5.74) is 0. The van der Waals surface area contributed by atoms with Crippen molar-refractivity contribution in [2.75, 3.05) is 20.6 Å². The van der Waals surface area contributed by atoms with Crippen LogP contribution in [0.3, 0.4) is 0 Å². The van der Waals surface area contributed by atoms with Gasteiger partial charge in [0.15, 0.2) is 0 Å². The average Bonchev–Trinajstić information content (AvgIpc) is 2.17. The fourth-order valence-corrected chi connectivity index (χ4v) is 1.29. The van der Waals surface area contributed by atoms with Gasteiger partial charge in [0.05, 0.1) is 6.54 Å². The van der Waals surface area contributed by atoms with Crippen LogP contribution in [0.15, 0.2) is 0 Å². The topological polar surface area (TPSA) is 32.3 Å². The summed E-state index contributed by atoms with van der Waals surface area (Å²) in [5, 5.41) is 3.29. The molecule has 0 saturated carbocycles. The third-order valence-electron chi connectivity index (χ3n) is 2.44. The molecule has 0 aromatic rings. The van der Waals surface area contributed by atoms with E-state index in [4.69, 9.17) is 0 Å². The van der Waals surface area contributed by atoms with E-state index in [2.05, 4.69) is 19.2 Å². The minimum Gasteiger partial charge on any atom is -0.348 e. The molecular weight excluding hydrogens is 176 g/mol. The SMILES string of the molecule is CCCC[C@H](CC)NCC(=O)N(C)C. The first-order valence-electron chi connectivity index (χ1n) is 5.55. The van der Waals surface area contributed by atoms with Crippen LogP contribution in [0.1, 0.15) is 39.5 Å². The molecule has 1 amide bonds. The second-order valence-electron chi connectivity index (χ2n) is 3.92. The Morgan fingerprint density at radius 3 is 2.43 bits per heavy atom. The Labute approximate surface area is 87.9 Å². The van der Waals surface area contributed by atoms with Gasteiger partial charge in [0.25, 0.3) is 0 Å². The predicted molar refractivity (Wildman–Crippen MR) is 60.3 cm³/mol. The van der Waals surface area contributed by atoms with E-state index in [1.165, 1.54) is 19.3 Å². The average molecular weight is 200 g/mol. The van der Waals surface area contributed by atoms with Crippen LogP contribution in [0.2, 0.25) is 0 Å². The van der Waals surface area contributed by atoms with Crippen LogP contribution in [-0.2, 0) is 4.79 Å². The molecule has 1 N–H and O–H groups in total. The summed E-state index contributed by atoms with van der Waals surface area (Å²) in [4.78, 5) is 12.9. The van der Waals surface area contributed by atoms with Gasteiger partial charge in [0.2, 0.25) is 5.91 Å². The molecule has 0 bridgehead atoms. The maximum absolute atomic E-state index is 11.3. The highest BCUT2D eigenvalue weighted by molar-refractivity contribution is 5.77. The van der Waals surface area contributed by atoms with Gasteiger partial charge in [0.1, 0.15) is 0 Å². The Kier molecular flexibility index (Phi) is 7.48. The lowest BCUT2D eigenvalue weighted by Gasteiger charge is -2.18. The molecule has 0 aliphatic heterocycles. The van der Waals surface area contributed by atoms with E-state index in [0.29, 0.717) is 12.6 Å². The van der Waals surface area contributed by atoms with Crippen LogP contribution in [0, 0.1) is 0 Å². The van der Waals surface area contributed by atoms with E-state index in [0.717, 1.165) is 6.42 Å². The Morgan fingerprint density at radius 1 is 1.36 bits per heavy atom. The maximum Gasteiger partial charge on any atom is 0.236 e. The first kappa shape index (κ1) is 13.4. The zero-order chi connectivity index (χ0) is 11.0. The molecule has 0 saturated heterocycles. The van der Waals surface area contributed by atoms with Crippen LogP contribution < -0.4 is 5.32 Å². The molecule has 0 radical (unpaired) electrons. The summed E-state index contributed by atoms with van der Waals surface area (Å²) in [6.07, 6.45) is 4.73. The van der Waals surface area contributed by atoms with E-state index < -0.39 is 0 Å². The number of hydrogen-bond acceptors (Lipinski definition) is 2. The van der Waals surface area contributed by atoms with E-state index in [-0.39, 0.29) is 5.91 Å². The zero-order valence-electron chi connectivity index (χ0n) is 9.97. The number of hydrogen-bond donors (Lipinski definition) is 1. The molecule has 0 rings (SSSR count). The van der Waals surface area contributed by atoms with Crippen LogP contribution >= 0.6 is 0 Å². The van der Waals surface area contributed by atoms with Gasteiger partial charge in [-0.1, -0.05) is 26.7 Å². The summed E-state index contributed by atoms with van der Waals surface area (Å²) in [6.45, 7) is 4.82. The minimum absolute atomic E-state index is 0.153. The Morgan fingerprint density at radius 2 is 2.00 bits per heavy atom. The predicted octanol–water partition coefficient (Wildman–Crippen LogP) is 1.63. The second kappa shape index (κ2) is 7.80. The summed E-state index contributed by atoms with van der Waals surface area (Å²) in [6, 6.07) is 0.499. The molecule has 0 aliphatic carbocycles. The van der Waals surface area contributed by atoms with Gasteiger partial charge in [-0.2, -0.15) is 0 Å². The van der Waals surface area contributed by atoms with Crippen molar-refractivity contribution in [1.29, 1.82) is 0 Å². The minimum atomic E-state index is 0.153. The molecule has 0 aromatic carbocycles. The molecule has 1 atom stereocenters. The molecule has 0 heterocycles. The van der Waals surface area contributed by atoms with Crippen molar-refractivity contribution in [2.24, 2.45) is 0 Å². The number of likely N-dealkylation sites (N-methyl/N-ethyl adjacent to an activating group) is 1. The molecule has 3 heteroatoms. The summed E-state index contributed by atoms with van der Waals surface area (Å²) >= 11 is 0. The van der Waals surface area contributed by atoms with Gasteiger partial charge < -0.3 is 10.2 Å². The fraction of sp³-hybridized carbons (Fsp3) is 0.909. The fourth-order valence-electron chi connectivity index (χ4n) is 1.29. The lowest BCUT2D eigenvalue weighted by atomic mass is 10.1. The van der Waals surface area contributed by atoms with E-state index in [1.54, 1.807) is 19.0 Å². The molecule has 14 heavy (non-hydrogen) atoms. The number of carbonyl (C=O) groups is 1. The number of unbranched alkanes of at least 4 members (excludes halogenated alkanes) is 1. The Balaban J connectivity index is 3.66. The molecule has 0 spiro atoms. The quantitative estimate of drug-likeness (QED) is 0.677. The third-order valence-corrected chi connectivity index (χ3v) is 2.44. The molecule has 3 nitrogen and oxygen atoms in total. The smallest absolute Gasteiger partial charge is 0.236 e. The standard InChI is InChI=1S/C11H24N2O/c1-5-7-8-10(6-2)12-9-11(14)13(3)4/h10,12H,5-9H2,1-4H3/t10-/m0/s1. The third kappa shape index (κ3) is 5.97. The van der Waals surface area contributed by atoms with E-state index in [9.17, 15) is 4.79 Å². The molecule has 84 valence electrons. The maximum atomic E-state index is 11.3. The second-order valence-corrected chi connectivity index (χ2v) is 3.92. The molecule has 0 aliphatic rings. The van der Waals surface area contributed by atoms with Crippen molar-refractivity contribution in [3.05, 3.63) is 0 Å². The van der Waals surface area contributed by atoms with Crippen molar-refractivity contribution in [2.45, 2.75) is 45.6 Å². The highest BCUT2D eigenvalue weighted by Crippen LogP contribution is 2.03. The normalized spacial score (nSPS) is 12.6. The number of amides is 1. The van der Waals surface area contributed by atoms with Crippen molar-refractivity contribution >= 4 is 5.91 Å². The van der Waals surface area contributed by atoms with Crippen LogP contribution in [0.4, 0.5) is 0 Å². The summed E-state index contributed by atoms with van der Waals surface area (Å²) in [7, 11) is 3.58. The van der Waals surface area contributed by atoms with Gasteiger partial charge in [-0.3, -0.25) is 4.79 Å². The highest BCUT2D eigenvalue weighted by atomic mass is 16.2. The Bertz CT molecular complexity index is 157. The van der Waals surface area contributed by atoms with Gasteiger partial charge in [-0.25, -0.2) is 0 Å². The van der Waals surface area contributed by atoms with E-state index in [1.807, 2.05) is 0 Å². The first-order valence-corrected chi connectivity index (χ1v) is 5.55. The number of nitrogens with zero attached hydrogens (tertiary/aromatic N) is 1. The molecule has 0 fully saturated rings. The monoisotopic (exact) mass is 200 g/mol. The van der Waals surface area contributed by atoms with Gasteiger partial charge in [-0.05, 0) is 12.8 Å². The van der Waals surface area contributed by atoms with Gasteiger partial charge in [0, 0.05) is 20.1 Å². The van der Waals surface area contributed by atoms with Gasteiger partial charge in [-0.15, -0.1) is 0 Å². The van der Waals surface area contributed by atoms with Crippen LogP contribution in [0.25, 0.3) is 0 Å². The van der Waals surface area contributed by atoms with Crippen molar-refractivity contribution in [3.8, 4) is 0 Å². The Hall–Kier alpha value is -0.570. The summed E-state index contributed by atoms with van der Waals surface area (Å²) < 4.78 is 0. The largest absolute Gasteiger partial charge is 0.348 e. The lowest BCUT2D eigenvalue weighted by molar-refractivity contribution is -0.127. The number of rotatable bonds is 7. The van der Waals surface area contributed by atoms with Crippen molar-refractivity contribution in [1.82, 2.24) is 10.2 Å². The highest BCUT2D eigenvalue weighted by Gasteiger charge is 2.08. The van der Waals surface area contributed by atoms with Crippen molar-refractivity contribution < 1.29 is 4.79 Å². The van der Waals surface area contributed by atoms with Crippen LogP contribution in [0.5, 0.6) is 0 Å². The van der Waals surface area contributed by atoms with Crippen LogP contribution in [-0.4, -0.2) is 37.5 Å². The van der Waals surface area contributed by atoms with Crippen molar-refractivity contribution in [3.63, 3.8) is 0 Å². The molecule has 0 aromatic heterocycles.